The summed E-state index contributed by atoms with van der Waals surface area (Å²) in [5, 5.41) is 7.30. The number of alkyl halides is 2. The third kappa shape index (κ3) is 8.14. The van der Waals surface area contributed by atoms with Crippen molar-refractivity contribution in [2.45, 2.75) is 37.3 Å². The lowest BCUT2D eigenvalue weighted by atomic mass is 10.0. The normalized spacial score (nSPS) is 16.6. The summed E-state index contributed by atoms with van der Waals surface area (Å²) in [5.41, 5.74) is 6.46. The molecule has 0 aliphatic carbocycles. The molecule has 12 heteroatoms. The molecule has 3 N–H and O–H groups in total. The molecule has 36 heavy (non-hydrogen) atoms. The molecule has 1 unspecified atom stereocenters. The second-order valence-electron chi connectivity index (χ2n) is 8.52. The number of halogens is 6. The Balaban J connectivity index is 0.00000145. The van der Waals surface area contributed by atoms with Crippen molar-refractivity contribution < 1.29 is 36.6 Å². The molecule has 1 aliphatic heterocycles. The molecule has 3 rings (SSSR count). The first-order valence-corrected chi connectivity index (χ1v) is 11.3. The van der Waals surface area contributed by atoms with Crippen molar-refractivity contribution in [3.05, 3.63) is 70.0 Å². The molecule has 0 bridgehead atoms. The highest BCUT2D eigenvalue weighted by atomic mass is 35.5. The lowest BCUT2D eigenvalue weighted by Gasteiger charge is -2.32. The van der Waals surface area contributed by atoms with Gasteiger partial charge in [-0.25, -0.2) is 22.0 Å². The van der Waals surface area contributed by atoms with E-state index in [-0.39, 0.29) is 44.4 Å². The van der Waals surface area contributed by atoms with Crippen LogP contribution in [-0.2, 0) is 16.0 Å². The van der Waals surface area contributed by atoms with Gasteiger partial charge in [-0.15, -0.1) is 0 Å². The Morgan fingerprint density at radius 3 is 2.42 bits per heavy atom. The number of likely N-dealkylation sites (N-methyl/N-ethyl adjacent to an activating group) is 1. The highest BCUT2D eigenvalue weighted by Crippen LogP contribution is 2.36. The van der Waals surface area contributed by atoms with Crippen LogP contribution in [0.25, 0.3) is 0 Å². The first kappa shape index (κ1) is 29.5. The molecule has 1 amide bonds. The number of rotatable bonds is 8. The summed E-state index contributed by atoms with van der Waals surface area (Å²) in [4.78, 5) is 24.1. The van der Waals surface area contributed by atoms with Crippen LogP contribution < -0.4 is 5.73 Å². The predicted molar refractivity (Wildman–Crippen MR) is 124 cm³/mol. The molecule has 0 aromatic heterocycles. The Bertz CT molecular complexity index is 1060. The Kier molecular flexibility index (Phi) is 10.6. The van der Waals surface area contributed by atoms with E-state index in [0.717, 1.165) is 6.07 Å². The zero-order valence-corrected chi connectivity index (χ0v) is 20.2. The Labute approximate surface area is 210 Å². The van der Waals surface area contributed by atoms with Crippen LogP contribution in [0, 0.1) is 17.5 Å². The van der Waals surface area contributed by atoms with Gasteiger partial charge in [-0.3, -0.25) is 14.5 Å². The number of carboxylic acid groups (broad SMARTS) is 1. The molecule has 0 spiro atoms. The van der Waals surface area contributed by atoms with Crippen LogP contribution in [0.3, 0.4) is 0 Å². The number of nitrogens with two attached hydrogens (primary N) is 1. The fourth-order valence-electron chi connectivity index (χ4n) is 4.00. The van der Waals surface area contributed by atoms with E-state index >= 15 is 0 Å². The maximum absolute atomic E-state index is 13.9. The van der Waals surface area contributed by atoms with E-state index in [1.54, 1.807) is 29.2 Å². The lowest BCUT2D eigenvalue weighted by molar-refractivity contribution is -0.131. The molecule has 1 heterocycles. The van der Waals surface area contributed by atoms with Gasteiger partial charge in [0.05, 0.1) is 12.6 Å². The van der Waals surface area contributed by atoms with E-state index in [0.29, 0.717) is 16.7 Å². The molecule has 0 radical (unpaired) electrons. The van der Waals surface area contributed by atoms with Crippen molar-refractivity contribution in [3.8, 4) is 0 Å². The largest absolute Gasteiger partial charge is 0.483 e. The van der Waals surface area contributed by atoms with Gasteiger partial charge in [0.2, 0.25) is 5.91 Å². The van der Waals surface area contributed by atoms with Gasteiger partial charge in [0.15, 0.2) is 11.6 Å². The van der Waals surface area contributed by atoms with Gasteiger partial charge in [-0.2, -0.15) is 0 Å². The summed E-state index contributed by atoms with van der Waals surface area (Å²) in [7, 11) is 1.52. The number of amides is 1. The molecule has 2 aromatic carbocycles. The zero-order valence-electron chi connectivity index (χ0n) is 19.4. The summed E-state index contributed by atoms with van der Waals surface area (Å²) in [6.45, 7) is -0.454. The summed E-state index contributed by atoms with van der Waals surface area (Å²) in [6.07, 6.45) is -0.647. The Morgan fingerprint density at radius 1 is 1.22 bits per heavy atom. The van der Waals surface area contributed by atoms with E-state index in [9.17, 15) is 26.7 Å². The molecule has 1 saturated heterocycles. The van der Waals surface area contributed by atoms with Crippen LogP contribution >= 0.6 is 11.6 Å². The maximum atomic E-state index is 13.9. The molecule has 1 aliphatic rings. The first-order valence-electron chi connectivity index (χ1n) is 11.0. The van der Waals surface area contributed by atoms with Crippen molar-refractivity contribution >= 4 is 24.0 Å². The number of hydrogen-bond acceptors (Lipinski definition) is 4. The number of hydrogen-bond donors (Lipinski definition) is 2. The van der Waals surface area contributed by atoms with Crippen LogP contribution in [0.4, 0.5) is 22.0 Å². The molecule has 1 fully saturated rings. The number of likely N-dealkylation sites (tertiary alicyclic amines) is 1. The van der Waals surface area contributed by atoms with Crippen LogP contribution in [0.2, 0.25) is 5.02 Å². The van der Waals surface area contributed by atoms with E-state index in [1.807, 2.05) is 0 Å². The maximum Gasteiger partial charge on any atom is 0.290 e. The van der Waals surface area contributed by atoms with E-state index in [4.69, 9.17) is 27.2 Å². The summed E-state index contributed by atoms with van der Waals surface area (Å²) >= 11 is 6.31. The minimum atomic E-state index is -2.82. The van der Waals surface area contributed by atoms with Gasteiger partial charge in [-0.1, -0.05) is 29.8 Å². The van der Waals surface area contributed by atoms with E-state index < -0.39 is 47.9 Å². The van der Waals surface area contributed by atoms with Crippen molar-refractivity contribution in [1.29, 1.82) is 0 Å². The second-order valence-corrected chi connectivity index (χ2v) is 8.93. The second kappa shape index (κ2) is 13.0. The molecular formula is C24H27ClF5N3O3. The quantitative estimate of drug-likeness (QED) is 0.300. The zero-order chi connectivity index (χ0) is 27.0. The molecular weight excluding hydrogens is 509 g/mol. The van der Waals surface area contributed by atoms with Crippen LogP contribution in [-0.4, -0.2) is 65.9 Å². The van der Waals surface area contributed by atoms with Crippen molar-refractivity contribution in [3.63, 3.8) is 0 Å². The van der Waals surface area contributed by atoms with Crippen LogP contribution in [0.1, 0.15) is 30.0 Å². The van der Waals surface area contributed by atoms with E-state index in [2.05, 4.69) is 0 Å². The number of carbonyl (C=O) groups is 2. The SMILES string of the molecule is CN(C[C@H](c1ccccc1Cl)N1CCC(F)(F)C1)C(=O)CC(N)Cc1cc(F)c(F)cc1F.O=CO. The monoisotopic (exact) mass is 535 g/mol. The van der Waals surface area contributed by atoms with Gasteiger partial charge in [0.1, 0.15) is 5.82 Å². The smallest absolute Gasteiger partial charge is 0.290 e. The average Bonchev–Trinajstić information content (AvgIpc) is 3.16. The summed E-state index contributed by atoms with van der Waals surface area (Å²) < 4.78 is 68.2. The molecule has 198 valence electrons. The number of benzene rings is 2. The standard InChI is InChI=1S/C23H25ClF5N3O.CH2O2/c1-31(22(33)10-15(30)8-14-9-19(26)20(27)11-18(14)25)12-21(16-4-2-3-5-17(16)24)32-7-6-23(28,29)13-32;2-1-3/h2-5,9,11,15,21H,6-8,10,12-13,30H2,1H3;1H,(H,2,3)/t15?,21-;/m1./s1. The first-order chi connectivity index (χ1) is 16.9. The lowest BCUT2D eigenvalue weighted by Crippen LogP contribution is -2.41. The minimum absolute atomic E-state index is 0.0882. The van der Waals surface area contributed by atoms with Crippen molar-refractivity contribution in [2.75, 3.05) is 26.7 Å². The average molecular weight is 536 g/mol. The summed E-state index contributed by atoms with van der Waals surface area (Å²) in [5.74, 6) is -6.67. The van der Waals surface area contributed by atoms with Crippen molar-refractivity contribution in [2.24, 2.45) is 5.73 Å². The molecule has 6 nitrogen and oxygen atoms in total. The van der Waals surface area contributed by atoms with Gasteiger partial charge in [0, 0.05) is 50.1 Å². The van der Waals surface area contributed by atoms with Crippen molar-refractivity contribution in [1.82, 2.24) is 9.80 Å². The highest BCUT2D eigenvalue weighted by Gasteiger charge is 2.42. The van der Waals surface area contributed by atoms with Crippen LogP contribution in [0.5, 0.6) is 0 Å². The fourth-order valence-corrected chi connectivity index (χ4v) is 4.26. The number of nitrogens with zero attached hydrogens (tertiary/aromatic N) is 2. The van der Waals surface area contributed by atoms with Gasteiger partial charge in [-0.05, 0) is 29.7 Å². The number of carbonyl (C=O) groups excluding carboxylic acids is 1. The van der Waals surface area contributed by atoms with Crippen LogP contribution in [0.15, 0.2) is 36.4 Å². The Hall–Kier alpha value is -2.76. The minimum Gasteiger partial charge on any atom is -0.483 e. The van der Waals surface area contributed by atoms with E-state index in [1.165, 1.54) is 11.9 Å². The third-order valence-corrected chi connectivity index (χ3v) is 6.13. The summed E-state index contributed by atoms with van der Waals surface area (Å²) in [6, 6.07) is 6.62. The van der Waals surface area contributed by atoms with Gasteiger partial charge >= 0.3 is 0 Å². The molecule has 2 aromatic rings. The molecule has 2 atom stereocenters. The third-order valence-electron chi connectivity index (χ3n) is 5.78. The highest BCUT2D eigenvalue weighted by molar-refractivity contribution is 6.31. The Morgan fingerprint density at radius 2 is 1.83 bits per heavy atom. The fraction of sp³-hybridized carbons (Fsp3) is 0.417. The van der Waals surface area contributed by atoms with Gasteiger partial charge in [0.25, 0.3) is 12.4 Å². The van der Waals surface area contributed by atoms with Gasteiger partial charge < -0.3 is 15.7 Å². The predicted octanol–water partition coefficient (Wildman–Crippen LogP) is 4.26. The topological polar surface area (TPSA) is 86.9 Å². The molecule has 0 saturated carbocycles.